The number of H-pyrrole nitrogens is 1. The molecule has 6 heteroatoms. The van der Waals surface area contributed by atoms with E-state index in [1.165, 1.54) is 0 Å². The van der Waals surface area contributed by atoms with Gasteiger partial charge in [0.1, 0.15) is 0 Å². The molecule has 0 aliphatic heterocycles. The number of imidazole rings is 1. The van der Waals surface area contributed by atoms with E-state index < -0.39 is 17.6 Å². The van der Waals surface area contributed by atoms with E-state index in [1.807, 2.05) is 30.3 Å². The molecular weight excluding hydrogens is 246 g/mol. The minimum absolute atomic E-state index is 0.353. The zero-order chi connectivity index (χ0) is 13.8. The molecule has 0 amide bonds. The number of hydrogen-bond donors (Lipinski definition) is 3. The van der Waals surface area contributed by atoms with Gasteiger partial charge in [0, 0.05) is 0 Å². The normalized spacial score (nSPS) is 12.3. The number of hydrogen-bond acceptors (Lipinski definition) is 4. The lowest BCUT2D eigenvalue weighted by Gasteiger charge is -2.09. The van der Waals surface area contributed by atoms with Crippen LogP contribution in [0.25, 0.3) is 0 Å². The molecule has 0 radical (unpaired) electrons. The van der Waals surface area contributed by atoms with Gasteiger partial charge in [0.2, 0.25) is 5.88 Å². The summed E-state index contributed by atoms with van der Waals surface area (Å²) in [6, 6.07) is 8.86. The van der Waals surface area contributed by atoms with Crippen LogP contribution in [0.2, 0.25) is 0 Å². The molecule has 100 valence electrons. The Morgan fingerprint density at radius 3 is 2.63 bits per heavy atom. The Hall–Kier alpha value is -2.34. The first-order valence-corrected chi connectivity index (χ1v) is 5.92. The van der Waals surface area contributed by atoms with Crippen molar-refractivity contribution in [3.8, 4) is 5.88 Å². The van der Waals surface area contributed by atoms with E-state index in [1.54, 1.807) is 0 Å². The molecule has 0 saturated carbocycles. The first-order chi connectivity index (χ1) is 9.08. The summed E-state index contributed by atoms with van der Waals surface area (Å²) in [5.41, 5.74) is 6.17. The molecule has 0 spiro atoms. The van der Waals surface area contributed by atoms with Crippen LogP contribution in [0.5, 0.6) is 5.88 Å². The fraction of sp³-hybridized carbons (Fsp3) is 0.231. The standard InChI is InChI=1S/C13H15N3O3/c14-10(7-6-9-4-2-1-3-5-9)12(18)16-8-11(17)15-13(16)19/h1-5,8,10,17H,6-7,14H2,(H,15,19)/t10-/m0/s1. The minimum atomic E-state index is -0.784. The summed E-state index contributed by atoms with van der Waals surface area (Å²) in [6.45, 7) is 0. The summed E-state index contributed by atoms with van der Waals surface area (Å²) in [7, 11) is 0. The Bertz CT molecular complexity index is 616. The van der Waals surface area contributed by atoms with Gasteiger partial charge in [-0.15, -0.1) is 0 Å². The SMILES string of the molecule is N[C@@H](CCc1ccccc1)C(=O)n1cc(O)[nH]c1=O. The maximum absolute atomic E-state index is 11.9. The number of aromatic nitrogens is 2. The molecule has 1 aromatic heterocycles. The van der Waals surface area contributed by atoms with Crippen LogP contribution in [0.3, 0.4) is 0 Å². The Morgan fingerprint density at radius 1 is 1.37 bits per heavy atom. The number of nitrogens with two attached hydrogens (primary N) is 1. The molecule has 2 rings (SSSR count). The Balaban J connectivity index is 2.00. The number of carbonyl (C=O) groups is 1. The van der Waals surface area contributed by atoms with Crippen molar-refractivity contribution in [2.45, 2.75) is 18.9 Å². The fourth-order valence-corrected chi connectivity index (χ4v) is 1.82. The van der Waals surface area contributed by atoms with Crippen molar-refractivity contribution in [1.29, 1.82) is 0 Å². The molecule has 2 aromatic rings. The van der Waals surface area contributed by atoms with Crippen LogP contribution in [-0.4, -0.2) is 26.6 Å². The topological polar surface area (TPSA) is 101 Å². The van der Waals surface area contributed by atoms with Crippen molar-refractivity contribution in [2.24, 2.45) is 5.73 Å². The molecule has 0 saturated heterocycles. The van der Waals surface area contributed by atoms with E-state index in [4.69, 9.17) is 10.8 Å². The van der Waals surface area contributed by atoms with Gasteiger partial charge in [-0.3, -0.25) is 9.78 Å². The van der Waals surface area contributed by atoms with Crippen LogP contribution in [0.1, 0.15) is 16.8 Å². The Kier molecular flexibility index (Phi) is 3.82. The predicted octanol–water partition coefficient (Wildman–Crippen LogP) is 0.482. The lowest BCUT2D eigenvalue weighted by Crippen LogP contribution is -2.39. The second kappa shape index (κ2) is 5.53. The summed E-state index contributed by atoms with van der Waals surface area (Å²) in [5.74, 6) is -0.883. The maximum atomic E-state index is 11.9. The smallest absolute Gasteiger partial charge is 0.335 e. The van der Waals surface area contributed by atoms with E-state index in [0.29, 0.717) is 12.8 Å². The van der Waals surface area contributed by atoms with Crippen molar-refractivity contribution >= 4 is 5.91 Å². The largest absolute Gasteiger partial charge is 0.493 e. The number of benzene rings is 1. The van der Waals surface area contributed by atoms with Crippen LogP contribution in [-0.2, 0) is 6.42 Å². The summed E-state index contributed by atoms with van der Waals surface area (Å²) in [5, 5.41) is 9.10. The van der Waals surface area contributed by atoms with Crippen molar-refractivity contribution in [1.82, 2.24) is 9.55 Å². The van der Waals surface area contributed by atoms with Gasteiger partial charge in [0.15, 0.2) is 0 Å². The molecule has 1 aromatic carbocycles. The second-order valence-corrected chi connectivity index (χ2v) is 4.28. The van der Waals surface area contributed by atoms with E-state index in [-0.39, 0.29) is 5.88 Å². The van der Waals surface area contributed by atoms with Gasteiger partial charge in [-0.2, -0.15) is 0 Å². The van der Waals surface area contributed by atoms with Crippen LogP contribution < -0.4 is 11.4 Å². The molecule has 0 bridgehead atoms. The van der Waals surface area contributed by atoms with Crippen LogP contribution >= 0.6 is 0 Å². The Morgan fingerprint density at radius 2 is 2.05 bits per heavy atom. The highest BCUT2D eigenvalue weighted by molar-refractivity contribution is 5.84. The second-order valence-electron chi connectivity index (χ2n) is 4.28. The van der Waals surface area contributed by atoms with Gasteiger partial charge in [0.25, 0.3) is 5.91 Å². The van der Waals surface area contributed by atoms with Crippen molar-refractivity contribution in [3.05, 3.63) is 52.6 Å². The van der Waals surface area contributed by atoms with E-state index >= 15 is 0 Å². The third-order valence-corrected chi connectivity index (χ3v) is 2.85. The molecule has 1 atom stereocenters. The van der Waals surface area contributed by atoms with Gasteiger partial charge in [-0.05, 0) is 18.4 Å². The number of aryl methyl sites for hydroxylation is 1. The molecular formula is C13H15N3O3. The average Bonchev–Trinajstić information content (AvgIpc) is 2.75. The van der Waals surface area contributed by atoms with Gasteiger partial charge >= 0.3 is 5.69 Å². The lowest BCUT2D eigenvalue weighted by molar-refractivity contribution is 0.0871. The van der Waals surface area contributed by atoms with Crippen molar-refractivity contribution in [2.75, 3.05) is 0 Å². The van der Waals surface area contributed by atoms with Crippen LogP contribution in [0.15, 0.2) is 41.3 Å². The van der Waals surface area contributed by atoms with E-state index in [9.17, 15) is 9.59 Å². The van der Waals surface area contributed by atoms with E-state index in [0.717, 1.165) is 16.3 Å². The fourth-order valence-electron chi connectivity index (χ4n) is 1.82. The third-order valence-electron chi connectivity index (χ3n) is 2.85. The van der Waals surface area contributed by atoms with Crippen LogP contribution in [0, 0.1) is 0 Å². The van der Waals surface area contributed by atoms with Crippen LogP contribution in [0.4, 0.5) is 0 Å². The number of nitrogens with zero attached hydrogens (tertiary/aromatic N) is 1. The van der Waals surface area contributed by atoms with Crippen molar-refractivity contribution < 1.29 is 9.90 Å². The van der Waals surface area contributed by atoms with Gasteiger partial charge in [-0.25, -0.2) is 9.36 Å². The molecule has 0 aliphatic carbocycles. The summed E-state index contributed by atoms with van der Waals surface area (Å²) >= 11 is 0. The Labute approximate surface area is 109 Å². The van der Waals surface area contributed by atoms with Crippen molar-refractivity contribution in [3.63, 3.8) is 0 Å². The highest BCUT2D eigenvalue weighted by Gasteiger charge is 2.18. The number of nitrogens with one attached hydrogen (secondary N) is 1. The first kappa shape index (κ1) is 13.1. The number of aromatic amines is 1. The molecule has 19 heavy (non-hydrogen) atoms. The average molecular weight is 261 g/mol. The van der Waals surface area contributed by atoms with Gasteiger partial charge in [0.05, 0.1) is 12.2 Å². The monoisotopic (exact) mass is 261 g/mol. The predicted molar refractivity (Wildman–Crippen MR) is 70.1 cm³/mol. The van der Waals surface area contributed by atoms with Gasteiger partial charge < -0.3 is 10.8 Å². The quantitative estimate of drug-likeness (QED) is 0.745. The highest BCUT2D eigenvalue weighted by atomic mass is 16.3. The molecule has 0 aliphatic rings. The van der Waals surface area contributed by atoms with E-state index in [2.05, 4.69) is 4.98 Å². The number of carbonyl (C=O) groups excluding carboxylic acids is 1. The highest BCUT2D eigenvalue weighted by Crippen LogP contribution is 2.06. The van der Waals surface area contributed by atoms with Gasteiger partial charge in [-0.1, -0.05) is 30.3 Å². The maximum Gasteiger partial charge on any atom is 0.335 e. The summed E-state index contributed by atoms with van der Waals surface area (Å²) in [4.78, 5) is 25.3. The number of aromatic hydroxyl groups is 1. The first-order valence-electron chi connectivity index (χ1n) is 5.92. The zero-order valence-corrected chi connectivity index (χ0v) is 10.2. The zero-order valence-electron chi connectivity index (χ0n) is 10.2. The summed E-state index contributed by atoms with van der Waals surface area (Å²) < 4.78 is 0.797. The molecule has 0 unspecified atom stereocenters. The third kappa shape index (κ3) is 3.11. The molecule has 6 nitrogen and oxygen atoms in total. The molecule has 4 N–H and O–H groups in total. The lowest BCUT2D eigenvalue weighted by atomic mass is 10.1. The number of rotatable bonds is 4. The minimum Gasteiger partial charge on any atom is -0.493 e. The summed E-state index contributed by atoms with van der Waals surface area (Å²) in [6.07, 6.45) is 2.12. The molecule has 0 fully saturated rings. The molecule has 1 heterocycles.